The molecule has 0 bridgehead atoms. The Balaban J connectivity index is 1.96. The van der Waals surface area contributed by atoms with Gasteiger partial charge in [-0.1, -0.05) is 32.9 Å². The Morgan fingerprint density at radius 1 is 1.25 bits per heavy atom. The van der Waals surface area contributed by atoms with E-state index in [0.29, 0.717) is 11.6 Å². The number of benzene rings is 1. The summed E-state index contributed by atoms with van der Waals surface area (Å²) in [7, 11) is -1.74. The highest BCUT2D eigenvalue weighted by molar-refractivity contribution is 7.92. The first-order valence-electron chi connectivity index (χ1n) is 9.75. The number of anilines is 1. The third kappa shape index (κ3) is 4.75. The van der Waals surface area contributed by atoms with E-state index in [9.17, 15) is 8.42 Å². The van der Waals surface area contributed by atoms with Gasteiger partial charge in [0.05, 0.1) is 17.6 Å². The van der Waals surface area contributed by atoms with Gasteiger partial charge in [0.1, 0.15) is 5.82 Å². The summed E-state index contributed by atoms with van der Waals surface area (Å²) in [6, 6.07) is 7.54. The molecule has 28 heavy (non-hydrogen) atoms. The molecule has 0 unspecified atom stereocenters. The number of hydrogen-bond acceptors (Lipinski definition) is 4. The lowest BCUT2D eigenvalue weighted by Gasteiger charge is -2.25. The molecule has 1 aromatic heterocycles. The zero-order valence-corrected chi connectivity index (χ0v) is 18.3. The molecule has 2 aromatic rings. The smallest absolute Gasteiger partial charge is 0.231 e. The highest BCUT2D eigenvalue weighted by Crippen LogP contribution is 2.30. The van der Waals surface area contributed by atoms with Gasteiger partial charge in [0.15, 0.2) is 0 Å². The predicted molar refractivity (Wildman–Crippen MR) is 113 cm³/mol. The molecule has 0 atom stereocenters. The van der Waals surface area contributed by atoms with Crippen LogP contribution in [0.15, 0.2) is 30.5 Å². The Morgan fingerprint density at radius 3 is 2.54 bits per heavy atom. The molecule has 1 aliphatic heterocycles. The topological polar surface area (TPSA) is 64.4 Å². The predicted octanol–water partition coefficient (Wildman–Crippen LogP) is 3.67. The molecule has 2 heterocycles. The van der Waals surface area contributed by atoms with Crippen LogP contribution in [-0.4, -0.2) is 44.5 Å². The fraction of sp³-hybridized carbons (Fsp3) is 0.571. The SMILES string of the molecule is CN(c1cccc(-c2cn(CC3CCOCC3)c(C(C)(C)C)n2)c1)S(C)(=O)=O. The summed E-state index contributed by atoms with van der Waals surface area (Å²) < 4.78 is 32.8. The zero-order chi connectivity index (χ0) is 20.5. The van der Waals surface area contributed by atoms with Crippen molar-refractivity contribution in [1.29, 1.82) is 0 Å². The second-order valence-electron chi connectivity index (χ2n) is 8.69. The molecule has 0 saturated carbocycles. The molecular formula is C21H31N3O3S. The summed E-state index contributed by atoms with van der Waals surface area (Å²) in [5.41, 5.74) is 2.35. The summed E-state index contributed by atoms with van der Waals surface area (Å²) in [5, 5.41) is 0. The van der Waals surface area contributed by atoms with Crippen molar-refractivity contribution in [2.45, 2.75) is 45.6 Å². The van der Waals surface area contributed by atoms with Crippen LogP contribution < -0.4 is 4.31 Å². The van der Waals surface area contributed by atoms with E-state index in [1.54, 1.807) is 13.1 Å². The molecule has 3 rings (SSSR count). The minimum absolute atomic E-state index is 0.0788. The van der Waals surface area contributed by atoms with Crippen molar-refractivity contribution in [3.63, 3.8) is 0 Å². The standard InChI is InChI=1S/C21H31N3O3S/c1-21(2,3)20-22-19(15-24(20)14-16-9-11-27-12-10-16)17-7-6-8-18(13-17)23(4)28(5,25)26/h6-8,13,15-16H,9-12,14H2,1-5H3. The first-order valence-corrected chi connectivity index (χ1v) is 11.6. The molecule has 0 aliphatic carbocycles. The highest BCUT2D eigenvalue weighted by atomic mass is 32.2. The fourth-order valence-corrected chi connectivity index (χ4v) is 4.05. The van der Waals surface area contributed by atoms with Crippen molar-refractivity contribution in [1.82, 2.24) is 9.55 Å². The molecule has 0 N–H and O–H groups in total. The number of ether oxygens (including phenoxy) is 1. The van der Waals surface area contributed by atoms with Crippen LogP contribution in [0.5, 0.6) is 0 Å². The molecule has 1 fully saturated rings. The molecule has 6 nitrogen and oxygen atoms in total. The van der Waals surface area contributed by atoms with Crippen molar-refractivity contribution in [2.24, 2.45) is 5.92 Å². The van der Waals surface area contributed by atoms with Crippen molar-refractivity contribution >= 4 is 15.7 Å². The molecule has 1 aromatic carbocycles. The molecule has 0 spiro atoms. The van der Waals surface area contributed by atoms with E-state index >= 15 is 0 Å². The molecule has 7 heteroatoms. The van der Waals surface area contributed by atoms with Gasteiger partial charge >= 0.3 is 0 Å². The van der Waals surface area contributed by atoms with Crippen molar-refractivity contribution in [3.05, 3.63) is 36.3 Å². The summed E-state index contributed by atoms with van der Waals surface area (Å²) in [6.07, 6.45) is 5.47. The lowest BCUT2D eigenvalue weighted by atomic mass is 9.94. The Kier molecular flexibility index (Phi) is 5.87. The van der Waals surface area contributed by atoms with Crippen LogP contribution in [0.25, 0.3) is 11.3 Å². The maximum atomic E-state index is 11.9. The van der Waals surface area contributed by atoms with Crippen LogP contribution in [0.4, 0.5) is 5.69 Å². The van der Waals surface area contributed by atoms with Crippen LogP contribution in [0.1, 0.15) is 39.4 Å². The molecule has 0 amide bonds. The summed E-state index contributed by atoms with van der Waals surface area (Å²) in [6.45, 7) is 9.12. The van der Waals surface area contributed by atoms with Gasteiger partial charge < -0.3 is 9.30 Å². The number of sulfonamides is 1. The van der Waals surface area contributed by atoms with E-state index < -0.39 is 10.0 Å². The van der Waals surface area contributed by atoms with Crippen molar-refractivity contribution in [3.8, 4) is 11.3 Å². The van der Waals surface area contributed by atoms with Gasteiger partial charge in [-0.2, -0.15) is 0 Å². The quantitative estimate of drug-likeness (QED) is 0.761. The Bertz CT molecular complexity index is 923. The summed E-state index contributed by atoms with van der Waals surface area (Å²) in [4.78, 5) is 4.94. The number of nitrogens with zero attached hydrogens (tertiary/aromatic N) is 3. The number of hydrogen-bond donors (Lipinski definition) is 0. The molecule has 1 aliphatic rings. The second kappa shape index (κ2) is 7.87. The van der Waals surface area contributed by atoms with E-state index in [1.165, 1.54) is 10.6 Å². The lowest BCUT2D eigenvalue weighted by molar-refractivity contribution is 0.0608. The monoisotopic (exact) mass is 405 g/mol. The maximum Gasteiger partial charge on any atom is 0.231 e. The first kappa shape index (κ1) is 20.9. The van der Waals surface area contributed by atoms with Crippen LogP contribution in [0.2, 0.25) is 0 Å². The van der Waals surface area contributed by atoms with E-state index in [2.05, 4.69) is 31.5 Å². The highest BCUT2D eigenvalue weighted by Gasteiger charge is 2.25. The number of aromatic nitrogens is 2. The van der Waals surface area contributed by atoms with Gasteiger partial charge in [-0.05, 0) is 30.9 Å². The van der Waals surface area contributed by atoms with E-state index in [1.807, 2.05) is 18.2 Å². The second-order valence-corrected chi connectivity index (χ2v) is 10.7. The lowest BCUT2D eigenvalue weighted by Crippen LogP contribution is -2.24. The normalized spacial score (nSPS) is 16.3. The number of imidazole rings is 1. The van der Waals surface area contributed by atoms with E-state index in [-0.39, 0.29) is 5.41 Å². The average molecular weight is 406 g/mol. The fourth-order valence-electron chi connectivity index (χ4n) is 3.55. The summed E-state index contributed by atoms with van der Waals surface area (Å²) in [5.74, 6) is 1.65. The van der Waals surface area contributed by atoms with Gasteiger partial charge in [-0.3, -0.25) is 4.31 Å². The van der Waals surface area contributed by atoms with Gasteiger partial charge in [0, 0.05) is 44.0 Å². The van der Waals surface area contributed by atoms with Crippen molar-refractivity contribution < 1.29 is 13.2 Å². The van der Waals surface area contributed by atoms with Gasteiger partial charge in [-0.15, -0.1) is 0 Å². The Morgan fingerprint density at radius 2 is 1.93 bits per heavy atom. The molecular weight excluding hydrogens is 374 g/mol. The average Bonchev–Trinajstić information content (AvgIpc) is 3.05. The van der Waals surface area contributed by atoms with Crippen molar-refractivity contribution in [2.75, 3.05) is 30.8 Å². The van der Waals surface area contributed by atoms with E-state index in [0.717, 1.165) is 49.7 Å². The third-order valence-electron chi connectivity index (χ3n) is 5.25. The number of rotatable bonds is 5. The first-order chi connectivity index (χ1) is 13.1. The van der Waals surface area contributed by atoms with Crippen LogP contribution in [0.3, 0.4) is 0 Å². The Labute approximate surface area is 168 Å². The molecule has 1 saturated heterocycles. The maximum absolute atomic E-state index is 11.9. The van der Waals surface area contributed by atoms with Crippen LogP contribution in [0, 0.1) is 5.92 Å². The molecule has 154 valence electrons. The van der Waals surface area contributed by atoms with Gasteiger partial charge in [-0.25, -0.2) is 13.4 Å². The summed E-state index contributed by atoms with van der Waals surface area (Å²) >= 11 is 0. The Hall–Kier alpha value is -1.86. The van der Waals surface area contributed by atoms with Crippen LogP contribution in [-0.2, 0) is 26.7 Å². The largest absolute Gasteiger partial charge is 0.381 e. The zero-order valence-electron chi connectivity index (χ0n) is 17.5. The third-order valence-corrected chi connectivity index (χ3v) is 6.45. The molecule has 0 radical (unpaired) electrons. The van der Waals surface area contributed by atoms with Crippen LogP contribution >= 0.6 is 0 Å². The van der Waals surface area contributed by atoms with E-state index in [4.69, 9.17) is 9.72 Å². The minimum atomic E-state index is -3.30. The van der Waals surface area contributed by atoms with Gasteiger partial charge in [0.2, 0.25) is 10.0 Å². The minimum Gasteiger partial charge on any atom is -0.381 e. The van der Waals surface area contributed by atoms with Gasteiger partial charge in [0.25, 0.3) is 0 Å².